The Labute approximate surface area is 274 Å². The number of phenolic OH excluding ortho intramolecular Hbond substituents is 1. The molecule has 3 heterocycles. The van der Waals surface area contributed by atoms with E-state index in [1.807, 2.05) is 13.0 Å². The van der Waals surface area contributed by atoms with Crippen LogP contribution in [-0.4, -0.2) is 59.4 Å². The molecule has 0 aromatic heterocycles. The van der Waals surface area contributed by atoms with Crippen LogP contribution >= 0.6 is 0 Å². The number of Topliss-reactive ketones (excluding diaryl/α,β-unsaturated/α-hetero) is 2. The van der Waals surface area contributed by atoms with Crippen molar-refractivity contribution in [2.45, 2.75) is 85.7 Å². The van der Waals surface area contributed by atoms with Crippen molar-refractivity contribution in [1.82, 2.24) is 5.32 Å². The summed E-state index contributed by atoms with van der Waals surface area (Å²) in [5, 5.41) is 13.6. The van der Waals surface area contributed by atoms with E-state index >= 15 is 0 Å². The first-order chi connectivity index (χ1) is 22.1. The Balaban J connectivity index is 1.77. The summed E-state index contributed by atoms with van der Waals surface area (Å²) in [6.07, 6.45) is 10.0. The molecule has 4 aliphatic rings. The van der Waals surface area contributed by atoms with Crippen LogP contribution in [0.15, 0.2) is 47.9 Å². The highest BCUT2D eigenvalue weighted by Gasteiger charge is 2.51. The van der Waals surface area contributed by atoms with Crippen LogP contribution in [0.2, 0.25) is 0 Å². The van der Waals surface area contributed by atoms with E-state index in [-0.39, 0.29) is 51.5 Å². The molecule has 1 aromatic carbocycles. The number of allylic oxidation sites excluding steroid dienone is 5. The standard InChI is InChI=1S/C36H43NO10/c1-18-10-9-11-20(3)35(43)37-25-17-26(39)28-29(32(25)41)31(40)22(5)33-30(28)34(42)36(7,47-33)45-13-12-24(44-8)16-27(46-23(6)38)21(4)15-19(2)14-18/h9-13,17-19,21,24,27,40H,14-16H2,1-8H3,(H,37,43)/b10-9+,13-12+,20-11-/t18-,19+,21+,24-,27+,36-/m0/s1. The van der Waals surface area contributed by atoms with Gasteiger partial charge in [0.15, 0.2) is 5.78 Å². The van der Waals surface area contributed by atoms with E-state index in [4.69, 9.17) is 18.9 Å². The van der Waals surface area contributed by atoms with Crippen molar-refractivity contribution in [3.8, 4) is 11.5 Å². The second kappa shape index (κ2) is 14.1. The number of amides is 1. The second-order valence-electron chi connectivity index (χ2n) is 12.9. The number of benzene rings is 1. The average molecular weight is 650 g/mol. The van der Waals surface area contributed by atoms with Crippen LogP contribution in [0.5, 0.6) is 11.5 Å². The highest BCUT2D eigenvalue weighted by Crippen LogP contribution is 2.47. The maximum atomic E-state index is 13.8. The summed E-state index contributed by atoms with van der Waals surface area (Å²) in [6, 6.07) is 0. The third-order valence-electron chi connectivity index (χ3n) is 8.84. The Morgan fingerprint density at radius 2 is 1.72 bits per heavy atom. The predicted molar refractivity (Wildman–Crippen MR) is 172 cm³/mol. The van der Waals surface area contributed by atoms with Gasteiger partial charge in [0.25, 0.3) is 11.7 Å². The van der Waals surface area contributed by atoms with Crippen LogP contribution in [0.4, 0.5) is 0 Å². The van der Waals surface area contributed by atoms with E-state index in [1.165, 1.54) is 34.1 Å². The van der Waals surface area contributed by atoms with Crippen molar-refractivity contribution in [2.24, 2.45) is 17.8 Å². The Hall–Kier alpha value is -4.51. The number of nitrogens with one attached hydrogen (secondary N) is 1. The first-order valence-corrected chi connectivity index (χ1v) is 15.7. The van der Waals surface area contributed by atoms with E-state index in [1.54, 1.807) is 25.2 Å². The Bertz CT molecular complexity index is 1620. The topological polar surface area (TPSA) is 155 Å². The minimum atomic E-state index is -1.94. The molecule has 1 aromatic rings. The van der Waals surface area contributed by atoms with Gasteiger partial charge < -0.3 is 29.4 Å². The lowest BCUT2D eigenvalue weighted by molar-refractivity contribution is -0.150. The second-order valence-corrected chi connectivity index (χ2v) is 12.9. The molecule has 1 amide bonds. The molecule has 47 heavy (non-hydrogen) atoms. The molecule has 3 aliphatic heterocycles. The fourth-order valence-corrected chi connectivity index (χ4v) is 6.32. The summed E-state index contributed by atoms with van der Waals surface area (Å²) < 4.78 is 23.1. The number of hydrogen-bond donors (Lipinski definition) is 2. The normalized spacial score (nSPS) is 31.1. The molecule has 0 fully saturated rings. The molecule has 11 heteroatoms. The maximum absolute atomic E-state index is 13.8. The van der Waals surface area contributed by atoms with Crippen LogP contribution in [0, 0.1) is 24.7 Å². The molecule has 6 atom stereocenters. The third kappa shape index (κ3) is 7.40. The minimum Gasteiger partial charge on any atom is -0.507 e. The molecule has 11 nitrogen and oxygen atoms in total. The monoisotopic (exact) mass is 649 g/mol. The molecule has 1 aliphatic carbocycles. The van der Waals surface area contributed by atoms with Gasteiger partial charge in [0.1, 0.15) is 17.6 Å². The van der Waals surface area contributed by atoms with Gasteiger partial charge in [-0.15, -0.1) is 0 Å². The molecule has 0 saturated heterocycles. The van der Waals surface area contributed by atoms with Crippen LogP contribution in [-0.2, 0) is 23.8 Å². The number of carbonyl (C=O) groups excluding carboxylic acids is 5. The molecule has 0 spiro atoms. The number of aromatic hydroxyl groups is 1. The van der Waals surface area contributed by atoms with Crippen molar-refractivity contribution in [3.63, 3.8) is 0 Å². The van der Waals surface area contributed by atoms with Gasteiger partial charge in [-0.1, -0.05) is 39.0 Å². The van der Waals surface area contributed by atoms with E-state index in [9.17, 15) is 29.1 Å². The number of fused-ring (bicyclic) bond motifs is 14. The van der Waals surface area contributed by atoms with E-state index in [0.29, 0.717) is 6.42 Å². The fraction of sp³-hybridized carbons (Fsp3) is 0.472. The Kier molecular flexibility index (Phi) is 10.6. The van der Waals surface area contributed by atoms with Gasteiger partial charge in [-0.05, 0) is 50.5 Å². The summed E-state index contributed by atoms with van der Waals surface area (Å²) in [7, 11) is 1.51. The van der Waals surface area contributed by atoms with Gasteiger partial charge in [-0.2, -0.15) is 0 Å². The average Bonchev–Trinajstić information content (AvgIpc) is 3.25. The first kappa shape index (κ1) is 35.3. The van der Waals surface area contributed by atoms with E-state index in [0.717, 1.165) is 18.9 Å². The molecular formula is C36H43NO10. The van der Waals surface area contributed by atoms with Gasteiger partial charge in [0.2, 0.25) is 5.78 Å². The lowest BCUT2D eigenvalue weighted by Gasteiger charge is -2.28. The van der Waals surface area contributed by atoms with Gasteiger partial charge in [-0.25, -0.2) is 0 Å². The summed E-state index contributed by atoms with van der Waals surface area (Å²) in [5.41, 5.74) is -0.904. The highest BCUT2D eigenvalue weighted by molar-refractivity contribution is 6.30. The number of esters is 1. The summed E-state index contributed by atoms with van der Waals surface area (Å²) in [4.78, 5) is 65.8. The van der Waals surface area contributed by atoms with Gasteiger partial charge in [0.05, 0.1) is 34.8 Å². The number of ether oxygens (including phenoxy) is 4. The summed E-state index contributed by atoms with van der Waals surface area (Å²) in [5.74, 6) is -5.46. The first-order valence-electron chi connectivity index (χ1n) is 15.7. The lowest BCUT2D eigenvalue weighted by atomic mass is 9.84. The van der Waals surface area contributed by atoms with Crippen LogP contribution in [0.25, 0.3) is 0 Å². The zero-order chi connectivity index (χ0) is 34.8. The number of ketones is 3. The van der Waals surface area contributed by atoms with Gasteiger partial charge >= 0.3 is 11.8 Å². The third-order valence-corrected chi connectivity index (χ3v) is 8.84. The van der Waals surface area contributed by atoms with Gasteiger partial charge in [-0.3, -0.25) is 24.0 Å². The maximum Gasteiger partial charge on any atom is 0.312 e. The molecule has 0 saturated carbocycles. The Morgan fingerprint density at radius 1 is 1.02 bits per heavy atom. The Morgan fingerprint density at radius 3 is 2.38 bits per heavy atom. The van der Waals surface area contributed by atoms with Crippen molar-refractivity contribution in [2.75, 3.05) is 7.11 Å². The molecule has 0 radical (unpaired) electrons. The lowest BCUT2D eigenvalue weighted by Crippen LogP contribution is -2.39. The van der Waals surface area contributed by atoms with Crippen LogP contribution in [0.3, 0.4) is 0 Å². The minimum absolute atomic E-state index is 0.00324. The SMILES string of the molecule is CO[C@H]1/C=C/O[C@@]2(C)Oc3c(C)c(O)c4c(c3C2=O)C(=O)C=C(NC(=O)/C(C)=C\C=C\[C@H](C)C[C@@H](C)C[C@@H](C)[C@H](OC(C)=O)C1)C4=O. The molecule has 5 bridgehead atoms. The van der Waals surface area contributed by atoms with Crippen LogP contribution < -0.4 is 10.1 Å². The predicted octanol–water partition coefficient (Wildman–Crippen LogP) is 5.44. The molecule has 2 N–H and O–H groups in total. The van der Waals surface area contributed by atoms with Crippen molar-refractivity contribution >= 4 is 29.2 Å². The van der Waals surface area contributed by atoms with E-state index < -0.39 is 58.5 Å². The number of carbonyl (C=O) groups is 5. The zero-order valence-electron chi connectivity index (χ0n) is 28.1. The molecule has 252 valence electrons. The van der Waals surface area contributed by atoms with E-state index in [2.05, 4.69) is 19.2 Å². The number of rotatable bonds is 2. The van der Waals surface area contributed by atoms with Crippen LogP contribution in [0.1, 0.15) is 97.4 Å². The largest absolute Gasteiger partial charge is 0.507 e. The zero-order valence-corrected chi connectivity index (χ0v) is 28.1. The highest BCUT2D eigenvalue weighted by atomic mass is 16.7. The summed E-state index contributed by atoms with van der Waals surface area (Å²) >= 11 is 0. The van der Waals surface area contributed by atoms with Crippen molar-refractivity contribution in [1.29, 1.82) is 0 Å². The smallest absolute Gasteiger partial charge is 0.312 e. The number of methoxy groups -OCH3 is 1. The number of phenols is 1. The van der Waals surface area contributed by atoms with Crippen molar-refractivity contribution in [3.05, 3.63) is 70.2 Å². The van der Waals surface area contributed by atoms with Gasteiger partial charge in [0, 0.05) is 44.6 Å². The quantitative estimate of drug-likeness (QED) is 0.396. The summed E-state index contributed by atoms with van der Waals surface area (Å²) in [6.45, 7) is 12.0. The fourth-order valence-electron chi connectivity index (χ4n) is 6.32. The van der Waals surface area contributed by atoms with Crippen molar-refractivity contribution < 1.29 is 48.0 Å². The molecular weight excluding hydrogens is 606 g/mol. The molecule has 5 rings (SSSR count). The molecule has 0 unspecified atom stereocenters. The number of hydrogen-bond acceptors (Lipinski definition) is 10.